The van der Waals surface area contributed by atoms with Crippen molar-refractivity contribution in [3.8, 4) is 0 Å². The van der Waals surface area contributed by atoms with Gasteiger partial charge in [-0.25, -0.2) is 8.42 Å². The van der Waals surface area contributed by atoms with Crippen LogP contribution >= 0.6 is 38.9 Å². The fourth-order valence-corrected chi connectivity index (χ4v) is 4.66. The average molecular weight is 410 g/mol. The highest BCUT2D eigenvalue weighted by Crippen LogP contribution is 2.30. The summed E-state index contributed by atoms with van der Waals surface area (Å²) in [7, 11) is -1.75. The topological polar surface area (TPSA) is 58.2 Å². The van der Waals surface area contributed by atoms with Gasteiger partial charge in [0.05, 0.1) is 10.7 Å². The number of hydrogen-bond donors (Lipinski definition) is 2. The molecular weight excluding hydrogens is 396 g/mol. The van der Waals surface area contributed by atoms with E-state index in [0.29, 0.717) is 10.7 Å². The molecule has 0 fully saturated rings. The zero-order chi connectivity index (χ0) is 15.5. The SMILES string of the molecule is CNCCc1ccc(S(=O)(=O)Nc2cc(Br)ccc2Cl)s1. The molecule has 1 aromatic carbocycles. The molecule has 0 radical (unpaired) electrons. The highest BCUT2D eigenvalue weighted by molar-refractivity contribution is 9.10. The molecule has 0 bridgehead atoms. The Balaban J connectivity index is 2.22. The summed E-state index contributed by atoms with van der Waals surface area (Å²) in [5.41, 5.74) is 0.358. The van der Waals surface area contributed by atoms with Gasteiger partial charge in [0.2, 0.25) is 0 Å². The lowest BCUT2D eigenvalue weighted by Gasteiger charge is -2.08. The van der Waals surface area contributed by atoms with E-state index in [-0.39, 0.29) is 4.21 Å². The number of likely N-dealkylation sites (N-methyl/N-ethyl adjacent to an activating group) is 1. The largest absolute Gasteiger partial charge is 0.319 e. The summed E-state index contributed by atoms with van der Waals surface area (Å²) in [6.45, 7) is 0.810. The molecular formula is C13H14BrClN2O2S2. The Morgan fingerprint density at radius 3 is 2.76 bits per heavy atom. The molecule has 0 aliphatic heterocycles. The van der Waals surface area contributed by atoms with E-state index in [4.69, 9.17) is 11.6 Å². The zero-order valence-electron chi connectivity index (χ0n) is 11.2. The summed E-state index contributed by atoms with van der Waals surface area (Å²) in [4.78, 5) is 1.02. The van der Waals surface area contributed by atoms with Gasteiger partial charge in [0.15, 0.2) is 0 Å². The smallest absolute Gasteiger partial charge is 0.271 e. The van der Waals surface area contributed by atoms with Crippen molar-refractivity contribution in [2.75, 3.05) is 18.3 Å². The van der Waals surface area contributed by atoms with Crippen LogP contribution in [0.25, 0.3) is 0 Å². The maximum absolute atomic E-state index is 12.4. The number of nitrogens with one attached hydrogen (secondary N) is 2. The number of hydrogen-bond acceptors (Lipinski definition) is 4. The number of rotatable bonds is 6. The summed E-state index contributed by atoms with van der Waals surface area (Å²) < 4.78 is 28.3. The quantitative estimate of drug-likeness (QED) is 0.764. The van der Waals surface area contributed by atoms with Crippen molar-refractivity contribution in [3.63, 3.8) is 0 Å². The van der Waals surface area contributed by atoms with Gasteiger partial charge < -0.3 is 5.32 Å². The maximum Gasteiger partial charge on any atom is 0.271 e. The standard InChI is InChI=1S/C13H14BrClN2O2S2/c1-16-7-6-10-3-5-13(20-10)21(18,19)17-12-8-9(14)2-4-11(12)15/h2-5,8,16-17H,6-7H2,1H3. The molecule has 1 heterocycles. The minimum Gasteiger partial charge on any atom is -0.319 e. The summed E-state index contributed by atoms with van der Waals surface area (Å²) >= 11 is 10.6. The normalized spacial score (nSPS) is 11.6. The van der Waals surface area contributed by atoms with E-state index in [9.17, 15) is 8.42 Å². The third kappa shape index (κ3) is 4.43. The highest BCUT2D eigenvalue weighted by Gasteiger charge is 2.18. The first-order chi connectivity index (χ1) is 9.92. The molecule has 2 N–H and O–H groups in total. The average Bonchev–Trinajstić information content (AvgIpc) is 2.90. The van der Waals surface area contributed by atoms with Crippen molar-refractivity contribution in [2.45, 2.75) is 10.6 Å². The van der Waals surface area contributed by atoms with Crippen molar-refractivity contribution in [3.05, 3.63) is 44.7 Å². The van der Waals surface area contributed by atoms with Crippen LogP contribution in [0, 0.1) is 0 Å². The van der Waals surface area contributed by atoms with Crippen molar-refractivity contribution >= 4 is 54.6 Å². The lowest BCUT2D eigenvalue weighted by atomic mass is 10.3. The van der Waals surface area contributed by atoms with Crippen LogP contribution < -0.4 is 10.0 Å². The Morgan fingerprint density at radius 2 is 2.05 bits per heavy atom. The van der Waals surface area contributed by atoms with Crippen LogP contribution in [0.4, 0.5) is 5.69 Å². The first kappa shape index (κ1) is 16.8. The number of anilines is 1. The second-order valence-electron chi connectivity index (χ2n) is 4.30. The lowest BCUT2D eigenvalue weighted by molar-refractivity contribution is 0.603. The molecule has 0 saturated carbocycles. The molecule has 4 nitrogen and oxygen atoms in total. The van der Waals surface area contributed by atoms with E-state index in [1.165, 1.54) is 11.3 Å². The van der Waals surface area contributed by atoms with Crippen molar-refractivity contribution in [1.29, 1.82) is 0 Å². The third-order valence-corrected chi connectivity index (χ3v) is 6.52. The first-order valence-electron chi connectivity index (χ1n) is 6.13. The number of sulfonamides is 1. The van der Waals surface area contributed by atoms with Gasteiger partial charge in [-0.05, 0) is 50.3 Å². The van der Waals surface area contributed by atoms with Crippen LogP contribution in [0.15, 0.2) is 39.0 Å². The number of benzene rings is 1. The van der Waals surface area contributed by atoms with Crippen LogP contribution in [0.5, 0.6) is 0 Å². The van der Waals surface area contributed by atoms with E-state index in [0.717, 1.165) is 22.3 Å². The molecule has 8 heteroatoms. The third-order valence-electron chi connectivity index (χ3n) is 2.70. The molecule has 0 saturated heterocycles. The molecule has 21 heavy (non-hydrogen) atoms. The van der Waals surface area contributed by atoms with E-state index in [1.807, 2.05) is 13.1 Å². The second-order valence-corrected chi connectivity index (χ2v) is 8.70. The number of halogens is 2. The number of thiophene rings is 1. The maximum atomic E-state index is 12.4. The minimum absolute atomic E-state index is 0.282. The zero-order valence-corrected chi connectivity index (χ0v) is 15.2. The fraction of sp³-hybridized carbons (Fsp3) is 0.231. The molecule has 0 atom stereocenters. The van der Waals surface area contributed by atoms with Gasteiger partial charge in [-0.1, -0.05) is 27.5 Å². The van der Waals surface area contributed by atoms with Crippen LogP contribution in [0.3, 0.4) is 0 Å². The van der Waals surface area contributed by atoms with Crippen molar-refractivity contribution in [1.82, 2.24) is 5.32 Å². The minimum atomic E-state index is -3.61. The van der Waals surface area contributed by atoms with Crippen LogP contribution in [0.2, 0.25) is 5.02 Å². The van der Waals surface area contributed by atoms with E-state index < -0.39 is 10.0 Å². The van der Waals surface area contributed by atoms with Gasteiger partial charge in [0.25, 0.3) is 10.0 Å². The predicted octanol–water partition coefficient (Wildman–Crippen LogP) is 3.73. The van der Waals surface area contributed by atoms with Crippen molar-refractivity contribution < 1.29 is 8.42 Å². The van der Waals surface area contributed by atoms with E-state index >= 15 is 0 Å². The Bertz CT molecular complexity index is 732. The summed E-state index contributed by atoms with van der Waals surface area (Å²) in [6.07, 6.45) is 0.800. The molecule has 1 aromatic heterocycles. The monoisotopic (exact) mass is 408 g/mol. The molecule has 0 aliphatic rings. The Morgan fingerprint density at radius 1 is 1.29 bits per heavy atom. The molecule has 2 rings (SSSR count). The molecule has 0 aliphatic carbocycles. The molecule has 0 spiro atoms. The Hall–Kier alpha value is -0.600. The van der Waals surface area contributed by atoms with Gasteiger partial charge in [0, 0.05) is 9.35 Å². The fourth-order valence-electron chi connectivity index (χ4n) is 1.66. The van der Waals surface area contributed by atoms with Crippen molar-refractivity contribution in [2.24, 2.45) is 0 Å². The summed E-state index contributed by atoms with van der Waals surface area (Å²) in [5, 5.41) is 3.39. The summed E-state index contributed by atoms with van der Waals surface area (Å²) in [5.74, 6) is 0. The second kappa shape index (κ2) is 7.11. The molecule has 114 valence electrons. The summed E-state index contributed by atoms with van der Waals surface area (Å²) in [6, 6.07) is 8.47. The Kier molecular flexibility index (Phi) is 5.67. The lowest BCUT2D eigenvalue weighted by Crippen LogP contribution is -2.12. The Labute approximate surface area is 141 Å². The molecule has 0 amide bonds. The van der Waals surface area contributed by atoms with Gasteiger partial charge >= 0.3 is 0 Å². The van der Waals surface area contributed by atoms with E-state index in [2.05, 4.69) is 26.0 Å². The highest BCUT2D eigenvalue weighted by atomic mass is 79.9. The van der Waals surface area contributed by atoms with Gasteiger partial charge in [-0.15, -0.1) is 11.3 Å². The van der Waals surface area contributed by atoms with Crippen LogP contribution in [-0.2, 0) is 16.4 Å². The van der Waals surface area contributed by atoms with Gasteiger partial charge in [-0.2, -0.15) is 0 Å². The molecule has 2 aromatic rings. The van der Waals surface area contributed by atoms with E-state index in [1.54, 1.807) is 24.3 Å². The van der Waals surface area contributed by atoms with Crippen LogP contribution in [-0.4, -0.2) is 22.0 Å². The predicted molar refractivity (Wildman–Crippen MR) is 91.9 cm³/mol. The molecule has 0 unspecified atom stereocenters. The van der Waals surface area contributed by atoms with Gasteiger partial charge in [0.1, 0.15) is 4.21 Å². The van der Waals surface area contributed by atoms with Gasteiger partial charge in [-0.3, -0.25) is 4.72 Å². The van der Waals surface area contributed by atoms with Crippen LogP contribution in [0.1, 0.15) is 4.88 Å². The first-order valence-corrected chi connectivity index (χ1v) is 9.60.